The fourth-order valence-electron chi connectivity index (χ4n) is 2.54. The van der Waals surface area contributed by atoms with Crippen molar-refractivity contribution in [2.24, 2.45) is 0 Å². The van der Waals surface area contributed by atoms with Crippen molar-refractivity contribution in [2.45, 2.75) is 23.8 Å². The van der Waals surface area contributed by atoms with Gasteiger partial charge in [0.2, 0.25) is 10.0 Å². The lowest BCUT2D eigenvalue weighted by molar-refractivity contribution is 0.126. The van der Waals surface area contributed by atoms with Crippen molar-refractivity contribution in [3.8, 4) is 0 Å². The van der Waals surface area contributed by atoms with Crippen LogP contribution in [0.3, 0.4) is 0 Å². The van der Waals surface area contributed by atoms with Crippen LogP contribution in [0.1, 0.15) is 12.8 Å². The largest absolute Gasteiger partial charge is 0.383 e. The third-order valence-electron chi connectivity index (χ3n) is 3.62. The quantitative estimate of drug-likeness (QED) is 0.853. The van der Waals surface area contributed by atoms with Crippen LogP contribution in [0, 0.1) is 11.6 Å². The maximum atomic E-state index is 13.6. The predicted molar refractivity (Wildman–Crippen MR) is 78.0 cm³/mol. The van der Waals surface area contributed by atoms with Crippen LogP contribution < -0.4 is 4.72 Å². The lowest BCUT2D eigenvalue weighted by atomic mass is 10.1. The molecule has 124 valence electrons. The van der Waals surface area contributed by atoms with Crippen LogP contribution in [-0.4, -0.2) is 52.7 Å². The van der Waals surface area contributed by atoms with Crippen LogP contribution >= 0.6 is 0 Å². The normalized spacial score (nSPS) is 20.2. The molecule has 1 heterocycles. The minimum Gasteiger partial charge on any atom is -0.383 e. The van der Waals surface area contributed by atoms with E-state index in [1.165, 1.54) is 0 Å². The molecule has 1 fully saturated rings. The van der Waals surface area contributed by atoms with Crippen LogP contribution in [0.4, 0.5) is 8.78 Å². The van der Waals surface area contributed by atoms with Gasteiger partial charge in [-0.2, -0.15) is 0 Å². The van der Waals surface area contributed by atoms with E-state index in [0.717, 1.165) is 25.1 Å². The summed E-state index contributed by atoms with van der Waals surface area (Å²) >= 11 is 0. The molecule has 1 N–H and O–H groups in total. The minimum absolute atomic E-state index is 0.321. The molecule has 0 spiro atoms. The Bertz CT molecular complexity index is 610. The van der Waals surface area contributed by atoms with Gasteiger partial charge in [-0.15, -0.1) is 0 Å². The Kier molecular flexibility index (Phi) is 5.85. The van der Waals surface area contributed by atoms with Crippen LogP contribution in [-0.2, 0) is 14.8 Å². The summed E-state index contributed by atoms with van der Waals surface area (Å²) < 4.78 is 58.8. The minimum atomic E-state index is -4.08. The molecule has 0 saturated carbocycles. The number of ether oxygens (including phenoxy) is 1. The zero-order valence-electron chi connectivity index (χ0n) is 12.4. The standard InChI is InChI=1S/C14H20F2N2O3S/c1-21-8-7-18-6-2-3-12(10-18)17-22(19,20)14-9-11(15)4-5-13(14)16/h4-5,9,12,17H,2-3,6-8,10H2,1H3. The highest BCUT2D eigenvalue weighted by Gasteiger charge is 2.27. The molecule has 1 aromatic carbocycles. The number of nitrogens with zero attached hydrogens (tertiary/aromatic N) is 1. The van der Waals surface area contributed by atoms with Crippen molar-refractivity contribution < 1.29 is 21.9 Å². The zero-order valence-corrected chi connectivity index (χ0v) is 13.2. The van der Waals surface area contributed by atoms with E-state index >= 15 is 0 Å². The fourth-order valence-corrected chi connectivity index (χ4v) is 3.89. The number of sulfonamides is 1. The van der Waals surface area contributed by atoms with Gasteiger partial charge < -0.3 is 4.74 Å². The molecule has 5 nitrogen and oxygen atoms in total. The van der Waals surface area contributed by atoms with E-state index in [4.69, 9.17) is 4.74 Å². The van der Waals surface area contributed by atoms with E-state index in [-0.39, 0.29) is 6.04 Å². The Hall–Kier alpha value is -1.09. The molecular weight excluding hydrogens is 314 g/mol. The van der Waals surface area contributed by atoms with Crippen LogP contribution in [0.5, 0.6) is 0 Å². The first kappa shape index (κ1) is 17.3. The topological polar surface area (TPSA) is 58.6 Å². The van der Waals surface area contributed by atoms with Crippen molar-refractivity contribution in [1.29, 1.82) is 0 Å². The summed E-state index contributed by atoms with van der Waals surface area (Å²) in [5, 5.41) is 0. The van der Waals surface area contributed by atoms with Gasteiger partial charge in [0.25, 0.3) is 0 Å². The average molecular weight is 334 g/mol. The summed E-state index contributed by atoms with van der Waals surface area (Å²) in [6, 6.07) is 2.08. The summed E-state index contributed by atoms with van der Waals surface area (Å²) in [5.74, 6) is -1.74. The fraction of sp³-hybridized carbons (Fsp3) is 0.571. The Morgan fingerprint density at radius 2 is 2.18 bits per heavy atom. The Labute approximate surface area is 129 Å². The first-order valence-corrected chi connectivity index (χ1v) is 8.59. The van der Waals surface area contributed by atoms with Crippen molar-refractivity contribution in [3.05, 3.63) is 29.8 Å². The molecule has 1 aromatic rings. The van der Waals surface area contributed by atoms with Crippen molar-refractivity contribution in [1.82, 2.24) is 9.62 Å². The van der Waals surface area contributed by atoms with E-state index in [2.05, 4.69) is 9.62 Å². The number of hydrogen-bond donors (Lipinski definition) is 1. The smallest absolute Gasteiger partial charge is 0.243 e. The lowest BCUT2D eigenvalue weighted by Gasteiger charge is -2.32. The number of piperidine rings is 1. The van der Waals surface area contributed by atoms with Gasteiger partial charge in [-0.25, -0.2) is 21.9 Å². The van der Waals surface area contributed by atoms with E-state index < -0.39 is 26.6 Å². The highest BCUT2D eigenvalue weighted by molar-refractivity contribution is 7.89. The van der Waals surface area contributed by atoms with Crippen molar-refractivity contribution >= 4 is 10.0 Å². The number of halogens is 2. The van der Waals surface area contributed by atoms with Crippen LogP contribution in [0.25, 0.3) is 0 Å². The molecule has 1 atom stereocenters. The van der Waals surface area contributed by atoms with E-state index in [0.29, 0.717) is 32.2 Å². The molecule has 0 radical (unpaired) electrons. The maximum Gasteiger partial charge on any atom is 0.243 e. The van der Waals surface area contributed by atoms with Crippen molar-refractivity contribution in [3.63, 3.8) is 0 Å². The maximum absolute atomic E-state index is 13.6. The van der Waals surface area contributed by atoms with Gasteiger partial charge in [0, 0.05) is 26.2 Å². The summed E-state index contributed by atoms with van der Waals surface area (Å²) in [4.78, 5) is 1.43. The Morgan fingerprint density at radius 1 is 1.41 bits per heavy atom. The summed E-state index contributed by atoms with van der Waals surface area (Å²) in [7, 11) is -2.47. The number of methoxy groups -OCH3 is 1. The highest BCUT2D eigenvalue weighted by Crippen LogP contribution is 2.18. The van der Waals surface area contributed by atoms with Gasteiger partial charge in [-0.3, -0.25) is 4.90 Å². The summed E-state index contributed by atoms with van der Waals surface area (Å²) in [6.07, 6.45) is 1.50. The second-order valence-electron chi connectivity index (χ2n) is 5.33. The first-order valence-electron chi connectivity index (χ1n) is 7.11. The highest BCUT2D eigenvalue weighted by atomic mass is 32.2. The summed E-state index contributed by atoms with van der Waals surface area (Å²) in [5.41, 5.74) is 0. The molecule has 0 bridgehead atoms. The molecular formula is C14H20F2N2O3S. The van der Waals surface area contributed by atoms with Gasteiger partial charge in [0.15, 0.2) is 0 Å². The second kappa shape index (κ2) is 7.45. The molecule has 0 aliphatic carbocycles. The molecule has 8 heteroatoms. The third-order valence-corrected chi connectivity index (χ3v) is 5.16. The molecule has 2 rings (SSSR count). The van der Waals surface area contributed by atoms with Crippen molar-refractivity contribution in [2.75, 3.05) is 33.4 Å². The monoisotopic (exact) mass is 334 g/mol. The second-order valence-corrected chi connectivity index (χ2v) is 7.01. The molecule has 1 aliphatic heterocycles. The van der Waals surface area contributed by atoms with Gasteiger partial charge in [-0.05, 0) is 37.6 Å². The first-order chi connectivity index (χ1) is 10.4. The predicted octanol–water partition coefficient (Wildman–Crippen LogP) is 1.35. The number of likely N-dealkylation sites (tertiary alicyclic amines) is 1. The van der Waals surface area contributed by atoms with E-state index in [1.54, 1.807) is 7.11 Å². The number of benzene rings is 1. The SMILES string of the molecule is COCCN1CCCC(NS(=O)(=O)c2cc(F)ccc2F)C1. The molecule has 0 amide bonds. The van der Waals surface area contributed by atoms with Gasteiger partial charge in [0.05, 0.1) is 6.61 Å². The average Bonchev–Trinajstić information content (AvgIpc) is 2.47. The Morgan fingerprint density at radius 3 is 2.91 bits per heavy atom. The van der Waals surface area contributed by atoms with E-state index in [1.807, 2.05) is 0 Å². The van der Waals surface area contributed by atoms with Gasteiger partial charge in [0.1, 0.15) is 16.5 Å². The number of rotatable bonds is 6. The molecule has 1 unspecified atom stereocenters. The molecule has 1 aliphatic rings. The Balaban J connectivity index is 2.06. The van der Waals surface area contributed by atoms with Crippen LogP contribution in [0.2, 0.25) is 0 Å². The molecule has 22 heavy (non-hydrogen) atoms. The van der Waals surface area contributed by atoms with Crippen LogP contribution in [0.15, 0.2) is 23.1 Å². The summed E-state index contributed by atoms with van der Waals surface area (Å²) in [6.45, 7) is 2.68. The number of hydrogen-bond acceptors (Lipinski definition) is 4. The molecule has 1 saturated heterocycles. The zero-order chi connectivity index (χ0) is 16.2. The van der Waals surface area contributed by atoms with Gasteiger partial charge in [-0.1, -0.05) is 0 Å². The van der Waals surface area contributed by atoms with E-state index in [9.17, 15) is 17.2 Å². The number of nitrogens with one attached hydrogen (secondary N) is 1. The van der Waals surface area contributed by atoms with Gasteiger partial charge >= 0.3 is 0 Å². The third kappa shape index (κ3) is 4.45. The molecule has 0 aromatic heterocycles. The lowest BCUT2D eigenvalue weighted by Crippen LogP contribution is -2.48.